The smallest absolute Gasteiger partial charge is 0.410 e. The number of likely N-dealkylation sites (tertiary alicyclic amines) is 1. The zero-order valence-electron chi connectivity index (χ0n) is 13.5. The Kier molecular flexibility index (Phi) is 4.89. The number of nitrogens with zero attached hydrogens (tertiary/aromatic N) is 2. The number of carboxylic acid groups (broad SMARTS) is 1. The summed E-state index contributed by atoms with van der Waals surface area (Å²) in [4.78, 5) is 17.6. The summed E-state index contributed by atoms with van der Waals surface area (Å²) in [5, 5.41) is 9.73. The van der Waals surface area contributed by atoms with E-state index >= 15 is 0 Å². The number of halogens is 1. The molecular weight excluding hydrogens is 395 g/mol. The molecule has 1 aliphatic rings. The Morgan fingerprint density at radius 3 is 2.77 bits per heavy atom. The van der Waals surface area contributed by atoms with Gasteiger partial charge in [0.2, 0.25) is 0 Å². The zero-order valence-corrected chi connectivity index (χ0v) is 15.6. The van der Waals surface area contributed by atoms with Gasteiger partial charge in [-0.05, 0) is 47.6 Å². The highest BCUT2D eigenvalue weighted by atomic mass is 127. The number of carbonyl (C=O) groups is 1. The summed E-state index contributed by atoms with van der Waals surface area (Å²) >= 11 is 2.12. The fraction of sp³-hybridized carbons (Fsp3) is 0.625. The van der Waals surface area contributed by atoms with Crippen LogP contribution in [0, 0.1) is 15.0 Å². The van der Waals surface area contributed by atoms with Crippen LogP contribution < -0.4 is 4.74 Å². The van der Waals surface area contributed by atoms with Crippen molar-refractivity contribution in [1.82, 2.24) is 9.88 Å². The third-order valence-electron chi connectivity index (χ3n) is 4.38. The van der Waals surface area contributed by atoms with Crippen LogP contribution >= 0.6 is 22.6 Å². The summed E-state index contributed by atoms with van der Waals surface area (Å²) in [5.41, 5.74) is -1.27. The van der Waals surface area contributed by atoms with E-state index in [-0.39, 0.29) is 11.3 Å². The van der Waals surface area contributed by atoms with Gasteiger partial charge >= 0.3 is 6.09 Å². The Hall–Kier alpha value is -1.05. The molecular formula is C16H23IN2O3. The van der Waals surface area contributed by atoms with Gasteiger partial charge in [0.25, 0.3) is 0 Å². The van der Waals surface area contributed by atoms with Crippen molar-refractivity contribution in [3.8, 4) is 5.75 Å². The molecule has 1 amide bonds. The molecule has 2 atom stereocenters. The lowest BCUT2D eigenvalue weighted by Crippen LogP contribution is -2.68. The monoisotopic (exact) mass is 418 g/mol. The topological polar surface area (TPSA) is 62.7 Å². The molecule has 0 bridgehead atoms. The van der Waals surface area contributed by atoms with Gasteiger partial charge in [0.05, 0.1) is 0 Å². The van der Waals surface area contributed by atoms with E-state index in [2.05, 4.69) is 34.5 Å². The van der Waals surface area contributed by atoms with Crippen molar-refractivity contribution in [3.05, 3.63) is 22.0 Å². The number of piperidine rings is 1. The maximum atomic E-state index is 11.9. The Morgan fingerprint density at radius 2 is 2.23 bits per heavy atom. The number of hydrogen-bond donors (Lipinski definition) is 1. The zero-order chi connectivity index (χ0) is 16.5. The van der Waals surface area contributed by atoms with Crippen molar-refractivity contribution in [3.63, 3.8) is 0 Å². The summed E-state index contributed by atoms with van der Waals surface area (Å²) in [6, 6.07) is 3.66. The summed E-state index contributed by atoms with van der Waals surface area (Å²) in [6.45, 7) is 8.67. The normalized spacial score (nSPS) is 25.9. The quantitative estimate of drug-likeness (QED) is 0.577. The molecule has 1 aromatic heterocycles. The molecule has 1 fully saturated rings. The first-order valence-electron chi connectivity index (χ1n) is 7.50. The third kappa shape index (κ3) is 2.89. The predicted molar refractivity (Wildman–Crippen MR) is 92.9 cm³/mol. The fourth-order valence-electron chi connectivity index (χ4n) is 3.49. The molecule has 0 aromatic carbocycles. The molecule has 5 nitrogen and oxygen atoms in total. The Balaban J connectivity index is 2.55. The Labute approximate surface area is 145 Å². The number of aromatic nitrogens is 1. The van der Waals surface area contributed by atoms with Gasteiger partial charge in [-0.3, -0.25) is 4.90 Å². The van der Waals surface area contributed by atoms with Crippen molar-refractivity contribution in [2.24, 2.45) is 11.3 Å². The number of hydrogen-bond acceptors (Lipinski definition) is 3. The van der Waals surface area contributed by atoms with Gasteiger partial charge in [-0.25, -0.2) is 9.78 Å². The fourth-order valence-corrected chi connectivity index (χ4v) is 3.94. The predicted octanol–water partition coefficient (Wildman–Crippen LogP) is 4.22. The van der Waals surface area contributed by atoms with E-state index in [4.69, 9.17) is 4.74 Å². The molecule has 1 aromatic rings. The van der Waals surface area contributed by atoms with Gasteiger partial charge in [0.15, 0.2) is 11.5 Å². The SMILES string of the molecule is CC1CCCN(C(=O)O)C1(Oc1cccnc1I)C(C)(C)C. The minimum Gasteiger partial charge on any atom is -0.465 e. The van der Waals surface area contributed by atoms with Crippen molar-refractivity contribution < 1.29 is 14.6 Å². The Bertz CT molecular complexity index is 559. The molecule has 122 valence electrons. The van der Waals surface area contributed by atoms with Crippen LogP contribution in [0.1, 0.15) is 40.5 Å². The lowest BCUT2D eigenvalue weighted by atomic mass is 9.71. The van der Waals surface area contributed by atoms with Gasteiger partial charge in [0.1, 0.15) is 3.70 Å². The van der Waals surface area contributed by atoms with Crippen molar-refractivity contribution in [2.75, 3.05) is 6.54 Å². The standard InChI is InChI=1S/C16H23IN2O3/c1-11-7-6-10-19(14(20)21)16(11,15(2,3)4)22-12-8-5-9-18-13(12)17/h5,8-9,11H,6-7,10H2,1-4H3,(H,20,21). The number of pyridine rings is 1. The van der Waals surface area contributed by atoms with Crippen molar-refractivity contribution >= 4 is 28.7 Å². The number of ether oxygens (including phenoxy) is 1. The second kappa shape index (κ2) is 6.22. The van der Waals surface area contributed by atoms with E-state index in [0.717, 1.165) is 16.5 Å². The van der Waals surface area contributed by atoms with Crippen LogP contribution in [0.2, 0.25) is 0 Å². The van der Waals surface area contributed by atoms with Gasteiger partial charge < -0.3 is 9.84 Å². The van der Waals surface area contributed by atoms with Gasteiger partial charge in [0, 0.05) is 24.1 Å². The van der Waals surface area contributed by atoms with Crippen molar-refractivity contribution in [1.29, 1.82) is 0 Å². The second-order valence-electron chi connectivity index (χ2n) is 6.82. The van der Waals surface area contributed by atoms with Crippen molar-refractivity contribution in [2.45, 2.75) is 46.3 Å². The second-order valence-corrected chi connectivity index (χ2v) is 7.84. The average molecular weight is 418 g/mol. The molecule has 1 N–H and O–H groups in total. The van der Waals surface area contributed by atoms with E-state index in [1.54, 1.807) is 6.20 Å². The van der Waals surface area contributed by atoms with E-state index < -0.39 is 11.8 Å². The molecule has 1 aliphatic heterocycles. The summed E-state index contributed by atoms with van der Waals surface area (Å²) < 4.78 is 7.14. The molecule has 22 heavy (non-hydrogen) atoms. The molecule has 0 spiro atoms. The van der Waals surface area contributed by atoms with Crippen LogP contribution in [0.25, 0.3) is 0 Å². The van der Waals surface area contributed by atoms with E-state index in [1.165, 1.54) is 4.90 Å². The van der Waals surface area contributed by atoms with Crippen LogP contribution in [0.5, 0.6) is 5.75 Å². The molecule has 6 heteroatoms. The minimum atomic E-state index is -0.930. The Morgan fingerprint density at radius 1 is 1.55 bits per heavy atom. The van der Waals surface area contributed by atoms with Crippen LogP contribution in [0.3, 0.4) is 0 Å². The summed E-state index contributed by atoms with van der Waals surface area (Å²) in [6.07, 6.45) is 2.58. The maximum absolute atomic E-state index is 11.9. The first-order chi connectivity index (χ1) is 10.2. The molecule has 2 unspecified atom stereocenters. The lowest BCUT2D eigenvalue weighted by molar-refractivity contribution is -0.192. The molecule has 0 aliphatic carbocycles. The van der Waals surface area contributed by atoms with E-state index in [9.17, 15) is 9.90 Å². The molecule has 0 radical (unpaired) electrons. The number of amides is 1. The van der Waals surface area contributed by atoms with E-state index in [1.807, 2.05) is 32.9 Å². The molecule has 0 saturated carbocycles. The first-order valence-corrected chi connectivity index (χ1v) is 8.58. The lowest BCUT2D eigenvalue weighted by Gasteiger charge is -2.55. The van der Waals surface area contributed by atoms with Crippen LogP contribution in [-0.4, -0.2) is 33.4 Å². The summed E-state index contributed by atoms with van der Waals surface area (Å²) in [5.74, 6) is 0.728. The highest BCUT2D eigenvalue weighted by Crippen LogP contribution is 2.47. The van der Waals surface area contributed by atoms with Gasteiger partial charge in [-0.2, -0.15) is 0 Å². The molecule has 2 heterocycles. The van der Waals surface area contributed by atoms with E-state index in [0.29, 0.717) is 12.3 Å². The first kappa shape index (κ1) is 17.3. The minimum absolute atomic E-state index is 0.0911. The van der Waals surface area contributed by atoms with Crippen LogP contribution in [0.4, 0.5) is 4.79 Å². The highest BCUT2D eigenvalue weighted by molar-refractivity contribution is 14.1. The maximum Gasteiger partial charge on any atom is 0.410 e. The highest BCUT2D eigenvalue weighted by Gasteiger charge is 2.57. The number of rotatable bonds is 2. The van der Waals surface area contributed by atoms with Gasteiger partial charge in [-0.1, -0.05) is 27.7 Å². The average Bonchev–Trinajstić information content (AvgIpc) is 2.41. The summed E-state index contributed by atoms with van der Waals surface area (Å²) in [7, 11) is 0. The van der Waals surface area contributed by atoms with Crippen LogP contribution in [0.15, 0.2) is 18.3 Å². The third-order valence-corrected chi connectivity index (χ3v) is 5.19. The van der Waals surface area contributed by atoms with Gasteiger partial charge in [-0.15, -0.1) is 0 Å². The molecule has 1 saturated heterocycles. The molecule has 2 rings (SSSR count). The van der Waals surface area contributed by atoms with Crippen LogP contribution in [-0.2, 0) is 0 Å². The largest absolute Gasteiger partial charge is 0.465 e.